The van der Waals surface area contributed by atoms with E-state index in [-0.39, 0.29) is 24.2 Å². The van der Waals surface area contributed by atoms with Crippen LogP contribution < -0.4 is 15.0 Å². The van der Waals surface area contributed by atoms with Gasteiger partial charge in [-0.2, -0.15) is 0 Å². The Morgan fingerprint density at radius 3 is 2.44 bits per heavy atom. The Labute approximate surface area is 161 Å². The fraction of sp³-hybridized carbons (Fsp3) is 0.600. The van der Waals surface area contributed by atoms with E-state index in [4.69, 9.17) is 4.74 Å². The second-order valence-electron chi connectivity index (χ2n) is 7.17. The van der Waals surface area contributed by atoms with E-state index in [2.05, 4.69) is 22.0 Å². The van der Waals surface area contributed by atoms with Crippen LogP contribution in [0.4, 0.5) is 5.69 Å². The SMILES string of the molecule is CCN1CCN(CCNC(=O)[C@@H]2CC(=O)N(c3ccc(OC)cc3)C2)CC1. The second kappa shape index (κ2) is 9.19. The van der Waals surface area contributed by atoms with Crippen LogP contribution in [-0.2, 0) is 9.59 Å². The molecule has 7 heteroatoms. The van der Waals surface area contributed by atoms with Gasteiger partial charge >= 0.3 is 0 Å². The van der Waals surface area contributed by atoms with Gasteiger partial charge in [-0.1, -0.05) is 6.92 Å². The summed E-state index contributed by atoms with van der Waals surface area (Å²) >= 11 is 0. The fourth-order valence-corrected chi connectivity index (χ4v) is 3.71. The van der Waals surface area contributed by atoms with E-state index in [1.54, 1.807) is 12.0 Å². The molecule has 1 aromatic carbocycles. The van der Waals surface area contributed by atoms with Gasteiger partial charge in [-0.3, -0.25) is 14.5 Å². The fourth-order valence-electron chi connectivity index (χ4n) is 3.71. The summed E-state index contributed by atoms with van der Waals surface area (Å²) in [6.07, 6.45) is 0.271. The van der Waals surface area contributed by atoms with E-state index >= 15 is 0 Å². The van der Waals surface area contributed by atoms with Crippen LogP contribution in [0.25, 0.3) is 0 Å². The van der Waals surface area contributed by atoms with Crippen LogP contribution in [0.15, 0.2) is 24.3 Å². The van der Waals surface area contributed by atoms with Gasteiger partial charge in [0, 0.05) is 57.9 Å². The van der Waals surface area contributed by atoms with Crippen LogP contribution in [-0.4, -0.2) is 81.1 Å². The number of methoxy groups -OCH3 is 1. The number of carbonyl (C=O) groups excluding carboxylic acids is 2. The minimum atomic E-state index is -0.281. The molecule has 2 fully saturated rings. The standard InChI is InChI=1S/C20H30N4O3/c1-3-22-10-12-23(13-11-22)9-8-21-20(26)16-14-19(25)24(15-16)17-4-6-18(27-2)7-5-17/h4-7,16H,3,8-15H2,1-2H3,(H,21,26)/t16-/m1/s1. The minimum Gasteiger partial charge on any atom is -0.497 e. The molecule has 148 valence electrons. The summed E-state index contributed by atoms with van der Waals surface area (Å²) in [5.41, 5.74) is 0.810. The predicted octanol–water partition coefficient (Wildman–Crippen LogP) is 0.802. The van der Waals surface area contributed by atoms with Crippen LogP contribution in [0.3, 0.4) is 0 Å². The summed E-state index contributed by atoms with van der Waals surface area (Å²) in [5, 5.41) is 3.01. The maximum atomic E-state index is 12.5. The number of ether oxygens (including phenoxy) is 1. The molecule has 3 rings (SSSR count). The van der Waals surface area contributed by atoms with Crippen LogP contribution in [0, 0.1) is 5.92 Å². The van der Waals surface area contributed by atoms with E-state index in [0.717, 1.165) is 50.7 Å². The number of hydrogen-bond acceptors (Lipinski definition) is 5. The molecule has 0 bridgehead atoms. The molecule has 2 aliphatic heterocycles. The van der Waals surface area contributed by atoms with Gasteiger partial charge < -0.3 is 19.9 Å². The first-order valence-corrected chi connectivity index (χ1v) is 9.77. The molecule has 7 nitrogen and oxygen atoms in total. The third kappa shape index (κ3) is 4.99. The highest BCUT2D eigenvalue weighted by atomic mass is 16.5. The van der Waals surface area contributed by atoms with E-state index in [1.807, 2.05) is 24.3 Å². The number of nitrogens with one attached hydrogen (secondary N) is 1. The Morgan fingerprint density at radius 2 is 1.81 bits per heavy atom. The molecule has 2 heterocycles. The Balaban J connectivity index is 1.43. The molecular formula is C20H30N4O3. The monoisotopic (exact) mass is 374 g/mol. The summed E-state index contributed by atoms with van der Waals surface area (Å²) in [7, 11) is 1.61. The quantitative estimate of drug-likeness (QED) is 0.765. The smallest absolute Gasteiger partial charge is 0.227 e. The number of benzene rings is 1. The van der Waals surface area contributed by atoms with Crippen molar-refractivity contribution in [1.29, 1.82) is 0 Å². The number of anilines is 1. The third-order valence-electron chi connectivity index (χ3n) is 5.52. The predicted molar refractivity (Wildman–Crippen MR) is 105 cm³/mol. The molecule has 0 spiro atoms. The van der Waals surface area contributed by atoms with Crippen molar-refractivity contribution in [2.24, 2.45) is 5.92 Å². The van der Waals surface area contributed by atoms with Crippen molar-refractivity contribution in [1.82, 2.24) is 15.1 Å². The van der Waals surface area contributed by atoms with Crippen molar-refractivity contribution in [3.8, 4) is 5.75 Å². The van der Waals surface area contributed by atoms with Crippen LogP contribution in [0.2, 0.25) is 0 Å². The van der Waals surface area contributed by atoms with Gasteiger partial charge in [-0.25, -0.2) is 0 Å². The zero-order chi connectivity index (χ0) is 19.2. The lowest BCUT2D eigenvalue weighted by atomic mass is 10.1. The van der Waals surface area contributed by atoms with Crippen LogP contribution in [0.5, 0.6) is 5.75 Å². The highest BCUT2D eigenvalue weighted by Crippen LogP contribution is 2.26. The number of carbonyl (C=O) groups is 2. The van der Waals surface area contributed by atoms with Gasteiger partial charge in [0.05, 0.1) is 13.0 Å². The molecule has 1 aromatic rings. The average molecular weight is 374 g/mol. The van der Waals surface area contributed by atoms with Crippen molar-refractivity contribution in [2.75, 3.05) is 64.4 Å². The normalized spacial score (nSPS) is 21.5. The number of rotatable bonds is 7. The molecule has 0 saturated carbocycles. The molecule has 27 heavy (non-hydrogen) atoms. The summed E-state index contributed by atoms with van der Waals surface area (Å²) < 4.78 is 5.15. The minimum absolute atomic E-state index is 0.00370. The number of likely N-dealkylation sites (N-methyl/N-ethyl adjacent to an activating group) is 1. The molecule has 1 N–H and O–H groups in total. The lowest BCUT2D eigenvalue weighted by Gasteiger charge is -2.34. The zero-order valence-electron chi connectivity index (χ0n) is 16.3. The van der Waals surface area contributed by atoms with Crippen molar-refractivity contribution in [3.05, 3.63) is 24.3 Å². The first kappa shape index (κ1) is 19.6. The van der Waals surface area contributed by atoms with Crippen molar-refractivity contribution >= 4 is 17.5 Å². The van der Waals surface area contributed by atoms with Gasteiger partial charge in [-0.05, 0) is 30.8 Å². The second-order valence-corrected chi connectivity index (χ2v) is 7.17. The van der Waals surface area contributed by atoms with Gasteiger partial charge in [-0.15, -0.1) is 0 Å². The molecule has 2 amide bonds. The van der Waals surface area contributed by atoms with Crippen molar-refractivity contribution in [2.45, 2.75) is 13.3 Å². The van der Waals surface area contributed by atoms with Gasteiger partial charge in [0.1, 0.15) is 5.75 Å². The number of hydrogen-bond donors (Lipinski definition) is 1. The Kier molecular flexibility index (Phi) is 6.68. The maximum Gasteiger partial charge on any atom is 0.227 e. The summed E-state index contributed by atoms with van der Waals surface area (Å²) in [6.45, 7) is 9.53. The van der Waals surface area contributed by atoms with E-state index in [9.17, 15) is 9.59 Å². The lowest BCUT2D eigenvalue weighted by Crippen LogP contribution is -2.48. The number of piperazine rings is 1. The molecule has 0 aliphatic carbocycles. The van der Waals surface area contributed by atoms with Gasteiger partial charge in [0.25, 0.3) is 0 Å². The number of nitrogens with zero attached hydrogens (tertiary/aromatic N) is 3. The average Bonchev–Trinajstić information content (AvgIpc) is 3.10. The topological polar surface area (TPSA) is 65.1 Å². The molecule has 0 aromatic heterocycles. The third-order valence-corrected chi connectivity index (χ3v) is 5.52. The molecule has 0 unspecified atom stereocenters. The van der Waals surface area contributed by atoms with E-state index in [1.165, 1.54) is 0 Å². The molecule has 2 saturated heterocycles. The van der Waals surface area contributed by atoms with Gasteiger partial charge in [0.2, 0.25) is 11.8 Å². The van der Waals surface area contributed by atoms with Crippen LogP contribution >= 0.6 is 0 Å². The van der Waals surface area contributed by atoms with E-state index in [0.29, 0.717) is 13.1 Å². The summed E-state index contributed by atoms with van der Waals surface area (Å²) in [5.74, 6) is 0.443. The Bertz CT molecular complexity index is 641. The van der Waals surface area contributed by atoms with Crippen molar-refractivity contribution < 1.29 is 14.3 Å². The largest absolute Gasteiger partial charge is 0.497 e. The highest BCUT2D eigenvalue weighted by Gasteiger charge is 2.35. The number of amides is 2. The highest BCUT2D eigenvalue weighted by molar-refractivity contribution is 6.00. The lowest BCUT2D eigenvalue weighted by molar-refractivity contribution is -0.126. The van der Waals surface area contributed by atoms with E-state index < -0.39 is 0 Å². The van der Waals surface area contributed by atoms with Crippen molar-refractivity contribution in [3.63, 3.8) is 0 Å². The summed E-state index contributed by atoms with van der Waals surface area (Å²) in [6, 6.07) is 7.36. The van der Waals surface area contributed by atoms with Gasteiger partial charge in [0.15, 0.2) is 0 Å². The molecule has 2 aliphatic rings. The summed E-state index contributed by atoms with van der Waals surface area (Å²) in [4.78, 5) is 31.3. The zero-order valence-corrected chi connectivity index (χ0v) is 16.3. The van der Waals surface area contributed by atoms with Crippen LogP contribution in [0.1, 0.15) is 13.3 Å². The Hall–Kier alpha value is -2.12. The Morgan fingerprint density at radius 1 is 1.15 bits per heavy atom. The first-order chi connectivity index (χ1) is 13.1. The molecule has 0 radical (unpaired) electrons. The first-order valence-electron chi connectivity index (χ1n) is 9.77. The molecular weight excluding hydrogens is 344 g/mol. The maximum absolute atomic E-state index is 12.5. The molecule has 1 atom stereocenters.